The summed E-state index contributed by atoms with van der Waals surface area (Å²) < 4.78 is 20.7. The molecule has 1 aromatic carbocycles. The Morgan fingerprint density at radius 2 is 1.88 bits per heavy atom. The number of morpholine rings is 1. The number of aromatic nitrogens is 3. The fraction of sp³-hybridized carbons (Fsp3) is 0.524. The molecule has 2 aromatic rings. The number of hydrogen-bond donors (Lipinski definition) is 2. The van der Waals surface area contributed by atoms with Crippen molar-refractivity contribution in [3.63, 3.8) is 0 Å². The van der Waals surface area contributed by atoms with Crippen LogP contribution in [0.5, 0.6) is 0 Å². The molecule has 1 aliphatic heterocycles. The van der Waals surface area contributed by atoms with Crippen molar-refractivity contribution in [2.45, 2.75) is 25.5 Å². The lowest BCUT2D eigenvalue weighted by molar-refractivity contribution is -0.117. The zero-order chi connectivity index (χ0) is 22.9. The maximum atomic E-state index is 13.4. The predicted molar refractivity (Wildman–Crippen MR) is 120 cm³/mol. The molecule has 0 unspecified atom stereocenters. The van der Waals surface area contributed by atoms with Crippen LogP contribution in [-0.2, 0) is 16.1 Å². The van der Waals surface area contributed by atoms with Crippen molar-refractivity contribution < 1.29 is 18.7 Å². The lowest BCUT2D eigenvalue weighted by Gasteiger charge is -2.27. The van der Waals surface area contributed by atoms with Gasteiger partial charge in [-0.3, -0.25) is 15.0 Å². The second kappa shape index (κ2) is 11.9. The highest BCUT2D eigenvalue weighted by atomic mass is 32.2. The molecule has 0 saturated carbocycles. The minimum atomic E-state index is -0.509. The smallest absolute Gasteiger partial charge is 0.321 e. The molecule has 1 aromatic heterocycles. The van der Waals surface area contributed by atoms with Gasteiger partial charge in [0.05, 0.1) is 19.0 Å². The first-order valence-electron chi connectivity index (χ1n) is 10.6. The zero-order valence-electron chi connectivity index (χ0n) is 18.3. The first-order chi connectivity index (χ1) is 15.4. The normalized spacial score (nSPS) is 14.5. The highest BCUT2D eigenvalue weighted by molar-refractivity contribution is 7.99. The van der Waals surface area contributed by atoms with Gasteiger partial charge in [0.2, 0.25) is 5.91 Å². The molecule has 1 fully saturated rings. The van der Waals surface area contributed by atoms with Gasteiger partial charge in [-0.15, -0.1) is 10.2 Å². The molecule has 0 atom stereocenters. The zero-order valence-corrected chi connectivity index (χ0v) is 19.2. The maximum Gasteiger partial charge on any atom is 0.321 e. The van der Waals surface area contributed by atoms with Crippen LogP contribution in [0.3, 0.4) is 0 Å². The van der Waals surface area contributed by atoms with Crippen LogP contribution < -0.4 is 10.6 Å². The van der Waals surface area contributed by atoms with Gasteiger partial charge in [0.1, 0.15) is 5.82 Å². The highest BCUT2D eigenvalue weighted by Crippen LogP contribution is 2.24. The number of ether oxygens (including phenoxy) is 1. The number of benzene rings is 1. The summed E-state index contributed by atoms with van der Waals surface area (Å²) in [6.07, 6.45) is 0. The predicted octanol–water partition coefficient (Wildman–Crippen LogP) is 1.99. The van der Waals surface area contributed by atoms with Crippen LogP contribution in [0.4, 0.5) is 9.18 Å². The van der Waals surface area contributed by atoms with E-state index in [1.54, 1.807) is 12.1 Å². The second-order valence-corrected chi connectivity index (χ2v) is 8.80. The first kappa shape index (κ1) is 24.1. The van der Waals surface area contributed by atoms with Crippen molar-refractivity contribution >= 4 is 23.7 Å². The monoisotopic (exact) mass is 464 g/mol. The molecule has 2 heterocycles. The summed E-state index contributed by atoms with van der Waals surface area (Å²) in [6.45, 7) is 8.92. The summed E-state index contributed by atoms with van der Waals surface area (Å²) in [5, 5.41) is 14.1. The molecular weight excluding hydrogens is 435 g/mol. The van der Waals surface area contributed by atoms with Gasteiger partial charge in [0.25, 0.3) is 0 Å². The van der Waals surface area contributed by atoms with Crippen molar-refractivity contribution in [3.05, 3.63) is 30.1 Å². The molecule has 3 amide bonds. The van der Waals surface area contributed by atoms with Gasteiger partial charge in [0, 0.05) is 38.3 Å². The van der Waals surface area contributed by atoms with E-state index in [0.29, 0.717) is 43.2 Å². The van der Waals surface area contributed by atoms with Crippen molar-refractivity contribution in [1.82, 2.24) is 30.3 Å². The Morgan fingerprint density at radius 3 is 2.56 bits per heavy atom. The van der Waals surface area contributed by atoms with Crippen LogP contribution in [0.25, 0.3) is 11.4 Å². The molecule has 9 nitrogen and oxygen atoms in total. The summed E-state index contributed by atoms with van der Waals surface area (Å²) in [6, 6.07) is 5.57. The van der Waals surface area contributed by atoms with E-state index in [4.69, 9.17) is 4.74 Å². The number of hydrogen-bond acceptors (Lipinski definition) is 7. The van der Waals surface area contributed by atoms with Crippen LogP contribution in [-0.4, -0.2) is 76.7 Å². The molecule has 0 bridgehead atoms. The average molecular weight is 465 g/mol. The quantitative estimate of drug-likeness (QED) is 0.547. The Bertz CT molecular complexity index is 899. The van der Waals surface area contributed by atoms with E-state index in [1.165, 1.54) is 23.9 Å². The Kier molecular flexibility index (Phi) is 9.00. The number of amides is 3. The molecule has 0 radical (unpaired) electrons. The van der Waals surface area contributed by atoms with Gasteiger partial charge in [0.15, 0.2) is 11.0 Å². The van der Waals surface area contributed by atoms with Crippen LogP contribution in [0.15, 0.2) is 29.4 Å². The second-order valence-electron chi connectivity index (χ2n) is 7.86. The summed E-state index contributed by atoms with van der Waals surface area (Å²) in [5.74, 6) is 0.183. The van der Waals surface area contributed by atoms with Crippen LogP contribution in [0.2, 0.25) is 0 Å². The number of rotatable bonds is 9. The van der Waals surface area contributed by atoms with Crippen molar-refractivity contribution in [3.8, 4) is 11.4 Å². The number of carbonyl (C=O) groups is 2. The van der Waals surface area contributed by atoms with E-state index in [9.17, 15) is 14.0 Å². The molecule has 1 saturated heterocycles. The summed E-state index contributed by atoms with van der Waals surface area (Å²) in [5.41, 5.74) is 0.741. The molecule has 0 aliphatic carbocycles. The van der Waals surface area contributed by atoms with Crippen molar-refractivity contribution in [2.75, 3.05) is 45.1 Å². The fourth-order valence-corrected chi connectivity index (χ4v) is 3.87. The SMILES string of the molecule is CC(C)CNC(=O)NC(=O)CSc1nnc(-c2ccc(F)cc2)n1CCN1CCOCC1. The van der Waals surface area contributed by atoms with E-state index in [2.05, 4.69) is 25.7 Å². The molecule has 11 heteroatoms. The third kappa shape index (κ3) is 7.28. The Morgan fingerprint density at radius 1 is 1.16 bits per heavy atom. The fourth-order valence-electron chi connectivity index (χ4n) is 3.11. The number of thioether (sulfide) groups is 1. The van der Waals surface area contributed by atoms with Crippen LogP contribution in [0.1, 0.15) is 13.8 Å². The number of urea groups is 1. The average Bonchev–Trinajstić information content (AvgIpc) is 3.19. The first-order valence-corrected chi connectivity index (χ1v) is 11.6. The van der Waals surface area contributed by atoms with Crippen molar-refractivity contribution in [1.29, 1.82) is 0 Å². The van der Waals surface area contributed by atoms with Gasteiger partial charge >= 0.3 is 6.03 Å². The Hall–Kier alpha value is -2.50. The lowest BCUT2D eigenvalue weighted by Crippen LogP contribution is -2.41. The largest absolute Gasteiger partial charge is 0.379 e. The Labute approximate surface area is 191 Å². The van der Waals surface area contributed by atoms with E-state index >= 15 is 0 Å². The van der Waals surface area contributed by atoms with E-state index in [0.717, 1.165) is 25.2 Å². The topological polar surface area (TPSA) is 101 Å². The molecule has 174 valence electrons. The number of nitrogens with zero attached hydrogens (tertiary/aromatic N) is 4. The molecular formula is C21H29FN6O3S. The minimum absolute atomic E-state index is 0.0220. The van der Waals surface area contributed by atoms with Gasteiger partial charge in [-0.05, 0) is 30.2 Å². The summed E-state index contributed by atoms with van der Waals surface area (Å²) in [7, 11) is 0. The Balaban J connectivity index is 1.66. The molecule has 3 rings (SSSR count). The van der Waals surface area contributed by atoms with Crippen LogP contribution in [0, 0.1) is 11.7 Å². The maximum absolute atomic E-state index is 13.4. The van der Waals surface area contributed by atoms with Gasteiger partial charge < -0.3 is 14.6 Å². The van der Waals surface area contributed by atoms with Crippen LogP contribution >= 0.6 is 11.8 Å². The third-order valence-electron chi connectivity index (χ3n) is 4.82. The number of imide groups is 1. The van der Waals surface area contributed by atoms with Gasteiger partial charge in [-0.25, -0.2) is 9.18 Å². The molecule has 32 heavy (non-hydrogen) atoms. The summed E-state index contributed by atoms with van der Waals surface area (Å²) >= 11 is 1.21. The third-order valence-corrected chi connectivity index (χ3v) is 5.79. The molecule has 0 spiro atoms. The number of nitrogens with one attached hydrogen (secondary N) is 2. The number of halogens is 1. The van der Waals surface area contributed by atoms with Gasteiger partial charge in [-0.1, -0.05) is 25.6 Å². The van der Waals surface area contributed by atoms with Gasteiger partial charge in [-0.2, -0.15) is 0 Å². The minimum Gasteiger partial charge on any atom is -0.379 e. The number of carbonyl (C=O) groups excluding carboxylic acids is 2. The highest BCUT2D eigenvalue weighted by Gasteiger charge is 2.18. The standard InChI is InChI=1S/C21H29FN6O3S/c1-15(2)13-23-20(30)24-18(29)14-32-21-26-25-19(16-3-5-17(22)6-4-16)28(21)8-7-27-9-11-31-12-10-27/h3-6,15H,7-14H2,1-2H3,(H2,23,24,29,30). The van der Waals surface area contributed by atoms with E-state index in [1.807, 2.05) is 18.4 Å². The van der Waals surface area contributed by atoms with E-state index in [-0.39, 0.29) is 11.6 Å². The molecule has 2 N–H and O–H groups in total. The molecule has 1 aliphatic rings. The summed E-state index contributed by atoms with van der Waals surface area (Å²) in [4.78, 5) is 26.3. The van der Waals surface area contributed by atoms with E-state index < -0.39 is 11.9 Å². The van der Waals surface area contributed by atoms with Crippen molar-refractivity contribution in [2.24, 2.45) is 5.92 Å². The lowest BCUT2D eigenvalue weighted by atomic mass is 10.2.